The van der Waals surface area contributed by atoms with Crippen LogP contribution < -0.4 is 0 Å². The van der Waals surface area contributed by atoms with Crippen molar-refractivity contribution < 1.29 is 4.39 Å². The summed E-state index contributed by atoms with van der Waals surface area (Å²) in [5, 5.41) is 4.40. The Morgan fingerprint density at radius 2 is 2.16 bits per heavy atom. The Bertz CT molecular complexity index is 543. The highest BCUT2D eigenvalue weighted by atomic mass is 19.1. The fourth-order valence-corrected chi connectivity index (χ4v) is 1.63. The van der Waals surface area contributed by atoms with Crippen LogP contribution in [0.5, 0.6) is 0 Å². The molecule has 0 saturated carbocycles. The van der Waals surface area contributed by atoms with Crippen molar-refractivity contribution in [2.45, 2.75) is 32.9 Å². The molecule has 0 bridgehead atoms. The molecule has 0 saturated heterocycles. The third-order valence-electron chi connectivity index (χ3n) is 2.52. The fourth-order valence-electron chi connectivity index (χ4n) is 1.63. The Kier molecular flexibility index (Phi) is 4.39. The van der Waals surface area contributed by atoms with Crippen LogP contribution in [0.25, 0.3) is 11.4 Å². The van der Waals surface area contributed by atoms with Crippen molar-refractivity contribution in [3.63, 3.8) is 0 Å². The van der Waals surface area contributed by atoms with E-state index in [1.54, 1.807) is 6.07 Å². The molecule has 2 aromatic rings. The predicted molar refractivity (Wildman–Crippen MR) is 73.7 cm³/mol. The first-order valence-electron chi connectivity index (χ1n) is 6.32. The Labute approximate surface area is 112 Å². The summed E-state index contributed by atoms with van der Waals surface area (Å²) in [5.41, 5.74) is 1.43. The number of pyridine rings is 1. The third kappa shape index (κ3) is 3.98. The number of nitrogens with zero attached hydrogens (tertiary/aromatic N) is 4. The predicted octanol–water partition coefficient (Wildman–Crippen LogP) is 2.95. The Hall–Kier alpha value is -2.04. The molecule has 19 heavy (non-hydrogen) atoms. The minimum atomic E-state index is -0.340. The first-order chi connectivity index (χ1) is 9.15. The number of aromatic nitrogens is 3. The van der Waals surface area contributed by atoms with Gasteiger partial charge in [0.1, 0.15) is 11.5 Å². The molecule has 0 unspecified atom stereocenters. The average Bonchev–Trinajstić information content (AvgIpc) is 2.84. The van der Waals surface area contributed by atoms with Gasteiger partial charge in [0.05, 0.1) is 11.9 Å². The molecule has 0 atom stereocenters. The zero-order valence-corrected chi connectivity index (χ0v) is 11.1. The number of rotatable bonds is 5. The molecule has 5 heteroatoms. The van der Waals surface area contributed by atoms with Crippen molar-refractivity contribution >= 4 is 6.21 Å². The lowest BCUT2D eigenvalue weighted by Gasteiger charge is -1.99. The molecule has 0 radical (unpaired) electrons. The van der Waals surface area contributed by atoms with Crippen molar-refractivity contribution in [2.75, 3.05) is 0 Å². The van der Waals surface area contributed by atoms with Crippen LogP contribution in [-0.2, 0) is 6.54 Å². The largest absolute Gasteiger partial charge is 0.295 e. The molecule has 0 fully saturated rings. The summed E-state index contributed by atoms with van der Waals surface area (Å²) in [5.74, 6) is -0.340. The average molecular weight is 260 g/mol. The summed E-state index contributed by atoms with van der Waals surface area (Å²) in [6, 6.07) is 5.22. The molecule has 0 spiro atoms. The van der Waals surface area contributed by atoms with Gasteiger partial charge in [0, 0.05) is 31.4 Å². The van der Waals surface area contributed by atoms with Crippen LogP contribution in [-0.4, -0.2) is 27.0 Å². The molecule has 2 rings (SSSR count). The molecule has 0 aromatic carbocycles. The van der Waals surface area contributed by atoms with Crippen LogP contribution in [0.3, 0.4) is 0 Å². The lowest BCUT2D eigenvalue weighted by Crippen LogP contribution is -2.00. The van der Waals surface area contributed by atoms with E-state index < -0.39 is 0 Å². The van der Waals surface area contributed by atoms with Gasteiger partial charge in [-0.15, -0.1) is 0 Å². The van der Waals surface area contributed by atoms with E-state index in [4.69, 9.17) is 0 Å². The Morgan fingerprint density at radius 1 is 1.32 bits per heavy atom. The van der Waals surface area contributed by atoms with Crippen LogP contribution in [0.15, 0.2) is 35.6 Å². The van der Waals surface area contributed by atoms with Gasteiger partial charge in [-0.05, 0) is 32.0 Å². The summed E-state index contributed by atoms with van der Waals surface area (Å²) < 4.78 is 14.6. The van der Waals surface area contributed by atoms with Gasteiger partial charge in [-0.25, -0.2) is 4.39 Å². The van der Waals surface area contributed by atoms with E-state index in [0.29, 0.717) is 11.7 Å². The first kappa shape index (κ1) is 13.4. The van der Waals surface area contributed by atoms with Crippen molar-refractivity contribution in [3.05, 3.63) is 36.4 Å². The quantitative estimate of drug-likeness (QED) is 0.776. The first-order valence-corrected chi connectivity index (χ1v) is 6.32. The summed E-state index contributed by atoms with van der Waals surface area (Å²) in [6.45, 7) is 4.86. The van der Waals surface area contributed by atoms with E-state index in [1.165, 1.54) is 12.3 Å². The van der Waals surface area contributed by atoms with Gasteiger partial charge in [0.15, 0.2) is 0 Å². The highest BCUT2D eigenvalue weighted by molar-refractivity contribution is 5.57. The zero-order chi connectivity index (χ0) is 13.7. The molecule has 0 aliphatic rings. The van der Waals surface area contributed by atoms with E-state index in [2.05, 4.69) is 15.1 Å². The minimum Gasteiger partial charge on any atom is -0.295 e. The van der Waals surface area contributed by atoms with Gasteiger partial charge in [-0.2, -0.15) is 5.10 Å². The van der Waals surface area contributed by atoms with E-state index >= 15 is 0 Å². The normalized spacial score (nSPS) is 11.6. The van der Waals surface area contributed by atoms with Crippen molar-refractivity contribution in [3.8, 4) is 11.4 Å². The molecular weight excluding hydrogens is 243 g/mol. The summed E-state index contributed by atoms with van der Waals surface area (Å²) >= 11 is 0. The van der Waals surface area contributed by atoms with Gasteiger partial charge < -0.3 is 0 Å². The van der Waals surface area contributed by atoms with E-state index in [9.17, 15) is 4.39 Å². The Balaban J connectivity index is 1.97. The number of halogens is 1. The fraction of sp³-hybridized carbons (Fsp3) is 0.357. The van der Waals surface area contributed by atoms with Crippen molar-refractivity contribution in [1.29, 1.82) is 0 Å². The highest BCUT2D eigenvalue weighted by Gasteiger charge is 2.03. The summed E-state index contributed by atoms with van der Waals surface area (Å²) in [4.78, 5) is 8.30. The van der Waals surface area contributed by atoms with Gasteiger partial charge in [0.25, 0.3) is 0 Å². The second kappa shape index (κ2) is 6.22. The van der Waals surface area contributed by atoms with Gasteiger partial charge in [0.2, 0.25) is 0 Å². The molecule has 0 N–H and O–H groups in total. The zero-order valence-electron chi connectivity index (χ0n) is 11.1. The number of aliphatic imine (C=N–C) groups is 1. The lowest BCUT2D eigenvalue weighted by atomic mass is 10.3. The monoisotopic (exact) mass is 260 g/mol. The lowest BCUT2D eigenvalue weighted by molar-refractivity contribution is 0.621. The molecule has 100 valence electrons. The van der Waals surface area contributed by atoms with Crippen molar-refractivity contribution in [2.24, 2.45) is 4.99 Å². The molecule has 0 aliphatic heterocycles. The summed E-state index contributed by atoms with van der Waals surface area (Å²) in [7, 11) is 0. The molecule has 0 aliphatic carbocycles. The van der Waals surface area contributed by atoms with Crippen LogP contribution in [0.1, 0.15) is 20.3 Å². The molecule has 0 amide bonds. The maximum absolute atomic E-state index is 12.8. The second-order valence-corrected chi connectivity index (χ2v) is 4.54. The van der Waals surface area contributed by atoms with Crippen LogP contribution >= 0.6 is 0 Å². The van der Waals surface area contributed by atoms with E-state index in [1.807, 2.05) is 37.0 Å². The second-order valence-electron chi connectivity index (χ2n) is 4.54. The Morgan fingerprint density at radius 3 is 2.84 bits per heavy atom. The highest BCUT2D eigenvalue weighted by Crippen LogP contribution is 2.13. The maximum atomic E-state index is 12.8. The van der Waals surface area contributed by atoms with Crippen LogP contribution in [0, 0.1) is 5.82 Å². The smallest absolute Gasteiger partial charge is 0.141 e. The maximum Gasteiger partial charge on any atom is 0.141 e. The SMILES string of the molecule is CC(C)N=CCCn1ccc(-c2ccc(F)cn2)n1. The van der Waals surface area contributed by atoms with Crippen LogP contribution in [0.4, 0.5) is 4.39 Å². The minimum absolute atomic E-state index is 0.330. The molecular formula is C14H17FN4. The van der Waals surface area contributed by atoms with Gasteiger partial charge in [-0.3, -0.25) is 14.7 Å². The number of aryl methyl sites for hydroxylation is 1. The van der Waals surface area contributed by atoms with Crippen LogP contribution in [0.2, 0.25) is 0 Å². The third-order valence-corrected chi connectivity index (χ3v) is 2.52. The van der Waals surface area contributed by atoms with Gasteiger partial charge in [-0.1, -0.05) is 0 Å². The standard InChI is InChI=1S/C14H17FN4/c1-11(2)16-7-3-8-19-9-6-14(18-19)13-5-4-12(15)10-17-13/h4-7,9-11H,3,8H2,1-2H3. The molecule has 2 aromatic heterocycles. The number of hydrogen-bond donors (Lipinski definition) is 0. The van der Waals surface area contributed by atoms with E-state index in [0.717, 1.165) is 18.7 Å². The molecule has 4 nitrogen and oxygen atoms in total. The summed E-state index contributed by atoms with van der Waals surface area (Å²) in [6.07, 6.45) is 5.85. The van der Waals surface area contributed by atoms with E-state index in [-0.39, 0.29) is 5.82 Å². The topological polar surface area (TPSA) is 43.1 Å². The van der Waals surface area contributed by atoms with Crippen molar-refractivity contribution in [1.82, 2.24) is 14.8 Å². The molecule has 2 heterocycles. The number of hydrogen-bond acceptors (Lipinski definition) is 3. The van der Waals surface area contributed by atoms with Gasteiger partial charge >= 0.3 is 0 Å².